The Morgan fingerprint density at radius 2 is 1.59 bits per heavy atom. The molecule has 5 heteroatoms. The van der Waals surface area contributed by atoms with Crippen LogP contribution in [0, 0.1) is 0 Å². The van der Waals surface area contributed by atoms with Crippen molar-refractivity contribution >= 4 is 0 Å². The van der Waals surface area contributed by atoms with Crippen LogP contribution in [0.4, 0.5) is 0 Å². The Kier molecular flexibility index (Phi) is 2.39. The average molecular weight is 244 g/mol. The first-order valence-electron chi connectivity index (χ1n) is 6.13. The molecule has 3 aliphatic heterocycles. The molecule has 3 fully saturated rings. The van der Waals surface area contributed by atoms with E-state index < -0.39 is 17.4 Å². The van der Waals surface area contributed by atoms with E-state index >= 15 is 0 Å². The second kappa shape index (κ2) is 3.42. The topological polar surface area (TPSA) is 46.2 Å². The molecule has 3 atom stereocenters. The van der Waals surface area contributed by atoms with Gasteiger partial charge in [-0.05, 0) is 27.7 Å². The zero-order chi connectivity index (χ0) is 12.3. The van der Waals surface area contributed by atoms with Crippen molar-refractivity contribution in [3.05, 3.63) is 0 Å². The molecule has 0 saturated carbocycles. The molecule has 0 aromatic heterocycles. The summed E-state index contributed by atoms with van der Waals surface area (Å²) in [4.78, 5) is 0. The van der Waals surface area contributed by atoms with Crippen LogP contribution in [0.5, 0.6) is 0 Å². The number of hydrogen-bond acceptors (Lipinski definition) is 5. The second-order valence-corrected chi connectivity index (χ2v) is 5.93. The van der Waals surface area contributed by atoms with Crippen molar-refractivity contribution in [2.45, 2.75) is 63.7 Å². The zero-order valence-electron chi connectivity index (χ0n) is 10.8. The van der Waals surface area contributed by atoms with Crippen molar-refractivity contribution in [2.24, 2.45) is 0 Å². The fourth-order valence-electron chi connectivity index (χ4n) is 2.78. The van der Waals surface area contributed by atoms with Gasteiger partial charge in [0.2, 0.25) is 0 Å². The van der Waals surface area contributed by atoms with Crippen molar-refractivity contribution < 1.29 is 23.7 Å². The zero-order valence-corrected chi connectivity index (χ0v) is 10.8. The van der Waals surface area contributed by atoms with Gasteiger partial charge in [0, 0.05) is 6.42 Å². The predicted molar refractivity (Wildman–Crippen MR) is 58.2 cm³/mol. The highest BCUT2D eigenvalue weighted by Crippen LogP contribution is 2.43. The lowest BCUT2D eigenvalue weighted by Crippen LogP contribution is -2.50. The van der Waals surface area contributed by atoms with Crippen LogP contribution in [0.25, 0.3) is 0 Å². The Bertz CT molecular complexity index is 325. The number of fused-ring (bicyclic) bond motifs is 1. The quantitative estimate of drug-likeness (QED) is 0.644. The molecule has 17 heavy (non-hydrogen) atoms. The molecule has 5 nitrogen and oxygen atoms in total. The van der Waals surface area contributed by atoms with Crippen LogP contribution in [-0.4, -0.2) is 42.8 Å². The largest absolute Gasteiger partial charge is 0.345 e. The van der Waals surface area contributed by atoms with Gasteiger partial charge in [0.05, 0.1) is 12.7 Å². The molecule has 0 aliphatic carbocycles. The fraction of sp³-hybridized carbons (Fsp3) is 1.00. The molecule has 0 unspecified atom stereocenters. The van der Waals surface area contributed by atoms with Crippen molar-refractivity contribution in [3.8, 4) is 0 Å². The lowest BCUT2D eigenvalue weighted by atomic mass is 10.0. The highest BCUT2D eigenvalue weighted by molar-refractivity contribution is 4.93. The van der Waals surface area contributed by atoms with Crippen LogP contribution < -0.4 is 0 Å². The number of ether oxygens (including phenoxy) is 5. The summed E-state index contributed by atoms with van der Waals surface area (Å²) in [5.74, 6) is -1.77. The van der Waals surface area contributed by atoms with Gasteiger partial charge in [-0.3, -0.25) is 0 Å². The minimum absolute atomic E-state index is 0.00272. The van der Waals surface area contributed by atoms with Gasteiger partial charge in [0.15, 0.2) is 17.4 Å². The summed E-state index contributed by atoms with van der Waals surface area (Å²) in [7, 11) is 0. The highest BCUT2D eigenvalue weighted by atomic mass is 16.8. The van der Waals surface area contributed by atoms with E-state index in [-0.39, 0.29) is 12.2 Å². The number of rotatable bonds is 0. The fourth-order valence-corrected chi connectivity index (χ4v) is 2.78. The molecular weight excluding hydrogens is 224 g/mol. The third-order valence-electron chi connectivity index (χ3n) is 3.38. The Labute approximate surface area is 101 Å². The summed E-state index contributed by atoms with van der Waals surface area (Å²) >= 11 is 0. The summed E-state index contributed by atoms with van der Waals surface area (Å²) in [6.45, 7) is 8.59. The average Bonchev–Trinajstić information content (AvgIpc) is 2.62. The third-order valence-corrected chi connectivity index (χ3v) is 3.38. The second-order valence-electron chi connectivity index (χ2n) is 5.93. The van der Waals surface area contributed by atoms with Gasteiger partial charge in [-0.2, -0.15) is 0 Å². The Balaban J connectivity index is 1.73. The third kappa shape index (κ3) is 2.11. The molecule has 3 saturated heterocycles. The SMILES string of the molecule is CC1(C)O[C@H]2C[C@]3(COC(C)(C)O3)OC[C@H]2O1. The standard InChI is InChI=1S/C12H20O5/c1-10(2)14-7-12(17-10)5-8-9(6-13-12)16-11(3,4)15-8/h8-9H,5-7H2,1-4H3/t8-,9+,12-/m0/s1. The molecule has 0 aromatic carbocycles. The van der Waals surface area contributed by atoms with Crippen molar-refractivity contribution in [3.63, 3.8) is 0 Å². The summed E-state index contributed by atoms with van der Waals surface area (Å²) in [6, 6.07) is 0. The summed E-state index contributed by atoms with van der Waals surface area (Å²) < 4.78 is 28.9. The van der Waals surface area contributed by atoms with E-state index in [4.69, 9.17) is 23.7 Å². The van der Waals surface area contributed by atoms with E-state index in [1.165, 1.54) is 0 Å². The normalized spacial score (nSPS) is 47.3. The lowest BCUT2D eigenvalue weighted by Gasteiger charge is -2.37. The first-order valence-corrected chi connectivity index (χ1v) is 6.13. The van der Waals surface area contributed by atoms with Gasteiger partial charge in [0.25, 0.3) is 0 Å². The summed E-state index contributed by atoms with van der Waals surface area (Å²) in [5.41, 5.74) is 0. The van der Waals surface area contributed by atoms with Crippen molar-refractivity contribution in [1.29, 1.82) is 0 Å². The molecule has 0 bridgehead atoms. The van der Waals surface area contributed by atoms with Crippen LogP contribution in [0.1, 0.15) is 34.1 Å². The first-order chi connectivity index (χ1) is 7.79. The molecule has 98 valence electrons. The molecule has 3 rings (SSSR count). The highest BCUT2D eigenvalue weighted by Gasteiger charge is 2.56. The van der Waals surface area contributed by atoms with Crippen molar-refractivity contribution in [1.82, 2.24) is 0 Å². The molecule has 1 spiro atoms. The Morgan fingerprint density at radius 3 is 2.24 bits per heavy atom. The maximum absolute atomic E-state index is 5.87. The Morgan fingerprint density at radius 1 is 0.882 bits per heavy atom. The van der Waals surface area contributed by atoms with Gasteiger partial charge < -0.3 is 23.7 Å². The van der Waals surface area contributed by atoms with Gasteiger partial charge in [-0.15, -0.1) is 0 Å². The van der Waals surface area contributed by atoms with Crippen LogP contribution in [0.15, 0.2) is 0 Å². The van der Waals surface area contributed by atoms with E-state index in [2.05, 4.69) is 0 Å². The molecular formula is C12H20O5. The molecule has 0 aromatic rings. The van der Waals surface area contributed by atoms with E-state index in [0.717, 1.165) is 0 Å². The number of hydrogen-bond donors (Lipinski definition) is 0. The lowest BCUT2D eigenvalue weighted by molar-refractivity contribution is -0.284. The van der Waals surface area contributed by atoms with E-state index in [0.29, 0.717) is 19.6 Å². The monoisotopic (exact) mass is 244 g/mol. The molecule has 0 amide bonds. The van der Waals surface area contributed by atoms with Crippen LogP contribution in [-0.2, 0) is 23.7 Å². The Hall–Kier alpha value is -0.200. The maximum atomic E-state index is 5.87. The molecule has 3 aliphatic rings. The van der Waals surface area contributed by atoms with Crippen molar-refractivity contribution in [2.75, 3.05) is 13.2 Å². The molecule has 0 N–H and O–H groups in total. The minimum atomic E-state index is -0.658. The predicted octanol–water partition coefficient (Wildman–Crippen LogP) is 1.41. The van der Waals surface area contributed by atoms with Gasteiger partial charge >= 0.3 is 0 Å². The van der Waals surface area contributed by atoms with Gasteiger partial charge in [-0.1, -0.05) is 0 Å². The van der Waals surface area contributed by atoms with Crippen LogP contribution in [0.3, 0.4) is 0 Å². The van der Waals surface area contributed by atoms with E-state index in [9.17, 15) is 0 Å². The van der Waals surface area contributed by atoms with E-state index in [1.807, 2.05) is 27.7 Å². The van der Waals surface area contributed by atoms with Gasteiger partial charge in [0.1, 0.15) is 12.7 Å². The molecule has 3 heterocycles. The summed E-state index contributed by atoms with van der Waals surface area (Å²) in [5, 5.41) is 0. The first kappa shape index (κ1) is 11.9. The van der Waals surface area contributed by atoms with Crippen LogP contribution >= 0.6 is 0 Å². The van der Waals surface area contributed by atoms with Gasteiger partial charge in [-0.25, -0.2) is 0 Å². The molecule has 0 radical (unpaired) electrons. The summed E-state index contributed by atoms with van der Waals surface area (Å²) in [6.07, 6.45) is 0.684. The smallest absolute Gasteiger partial charge is 0.197 e. The maximum Gasteiger partial charge on any atom is 0.197 e. The van der Waals surface area contributed by atoms with Crippen LogP contribution in [0.2, 0.25) is 0 Å². The minimum Gasteiger partial charge on any atom is -0.345 e. The van der Waals surface area contributed by atoms with E-state index in [1.54, 1.807) is 0 Å².